The number of hydrogen-bond acceptors (Lipinski definition) is 4. The smallest absolute Gasteiger partial charge is 0.315 e. The third kappa shape index (κ3) is 4.36. The molecule has 1 aromatic carbocycles. The van der Waals surface area contributed by atoms with Crippen LogP contribution in [0.15, 0.2) is 30.6 Å². The van der Waals surface area contributed by atoms with E-state index >= 15 is 0 Å². The molecular weight excluding hydrogens is 316 g/mol. The van der Waals surface area contributed by atoms with Gasteiger partial charge >= 0.3 is 6.03 Å². The topological polar surface area (TPSA) is 75.1 Å². The van der Waals surface area contributed by atoms with Gasteiger partial charge in [0.1, 0.15) is 12.2 Å². The molecule has 2 amide bonds. The summed E-state index contributed by atoms with van der Waals surface area (Å²) in [6.45, 7) is 5.18. The minimum absolute atomic E-state index is 0.168. The molecule has 0 unspecified atom stereocenters. The summed E-state index contributed by atoms with van der Waals surface area (Å²) in [6, 6.07) is 8.80. The molecule has 1 atom stereocenters. The summed E-state index contributed by atoms with van der Waals surface area (Å²) in [5.41, 5.74) is 2.85. The first kappa shape index (κ1) is 17.4. The number of hydrogen-bond donors (Lipinski definition) is 2. The van der Waals surface area contributed by atoms with Crippen LogP contribution in [0.5, 0.6) is 0 Å². The highest BCUT2D eigenvalue weighted by Gasteiger charge is 2.22. The Bertz CT molecular complexity index is 713. The molecule has 0 spiro atoms. The van der Waals surface area contributed by atoms with Gasteiger partial charge in [0.2, 0.25) is 0 Å². The number of aryl methyl sites for hydroxylation is 1. The molecule has 3 rings (SSSR count). The van der Waals surface area contributed by atoms with E-state index in [9.17, 15) is 4.79 Å². The van der Waals surface area contributed by atoms with Gasteiger partial charge in [0, 0.05) is 32.7 Å². The van der Waals surface area contributed by atoms with Crippen molar-refractivity contribution >= 4 is 6.03 Å². The molecule has 2 aromatic rings. The Kier molecular flexibility index (Phi) is 5.65. The van der Waals surface area contributed by atoms with Crippen molar-refractivity contribution in [3.8, 4) is 0 Å². The van der Waals surface area contributed by atoms with Crippen LogP contribution in [0.4, 0.5) is 4.79 Å². The van der Waals surface area contributed by atoms with Crippen molar-refractivity contribution in [1.82, 2.24) is 30.3 Å². The fraction of sp³-hybridized carbons (Fsp3) is 0.500. The molecule has 0 radical (unpaired) electrons. The van der Waals surface area contributed by atoms with Crippen LogP contribution in [0.2, 0.25) is 0 Å². The van der Waals surface area contributed by atoms with Crippen molar-refractivity contribution in [2.24, 2.45) is 7.05 Å². The van der Waals surface area contributed by atoms with Crippen LogP contribution < -0.4 is 10.6 Å². The fourth-order valence-electron chi connectivity index (χ4n) is 3.27. The van der Waals surface area contributed by atoms with E-state index < -0.39 is 0 Å². The Morgan fingerprint density at radius 1 is 1.28 bits per heavy atom. The lowest BCUT2D eigenvalue weighted by atomic mass is 9.98. The lowest BCUT2D eigenvalue weighted by molar-refractivity contribution is 0.169. The van der Waals surface area contributed by atoms with Crippen LogP contribution >= 0.6 is 0 Å². The van der Waals surface area contributed by atoms with E-state index in [1.807, 2.05) is 7.05 Å². The summed E-state index contributed by atoms with van der Waals surface area (Å²) < 4.78 is 1.65. The van der Waals surface area contributed by atoms with Crippen LogP contribution in [0.1, 0.15) is 30.3 Å². The average molecular weight is 342 g/mol. The van der Waals surface area contributed by atoms with E-state index in [2.05, 4.69) is 56.8 Å². The SMILES string of the molecule is CC[C@@H](CNC(=O)NCc1ncnn1C)N1CCc2ccccc2C1. The van der Waals surface area contributed by atoms with Gasteiger partial charge in [-0.3, -0.25) is 9.58 Å². The molecule has 2 heterocycles. The summed E-state index contributed by atoms with van der Waals surface area (Å²) in [6.07, 6.45) is 3.56. The number of carbonyl (C=O) groups excluding carboxylic acids is 1. The quantitative estimate of drug-likeness (QED) is 0.833. The number of nitrogens with zero attached hydrogens (tertiary/aromatic N) is 4. The summed E-state index contributed by atoms with van der Waals surface area (Å²) in [5, 5.41) is 9.81. The third-order valence-corrected chi connectivity index (χ3v) is 4.86. The van der Waals surface area contributed by atoms with E-state index in [-0.39, 0.29) is 6.03 Å². The van der Waals surface area contributed by atoms with Crippen LogP contribution in [-0.2, 0) is 26.6 Å². The first-order valence-corrected chi connectivity index (χ1v) is 8.82. The number of urea groups is 1. The number of amides is 2. The largest absolute Gasteiger partial charge is 0.337 e. The maximum atomic E-state index is 12.1. The van der Waals surface area contributed by atoms with E-state index in [0.717, 1.165) is 31.8 Å². The van der Waals surface area contributed by atoms with Gasteiger partial charge in [0.05, 0.1) is 6.54 Å². The van der Waals surface area contributed by atoms with Gasteiger partial charge in [-0.1, -0.05) is 31.2 Å². The number of fused-ring (bicyclic) bond motifs is 1. The Labute approximate surface area is 148 Å². The van der Waals surface area contributed by atoms with Crippen LogP contribution in [-0.4, -0.2) is 44.8 Å². The Hall–Kier alpha value is -2.41. The van der Waals surface area contributed by atoms with Gasteiger partial charge in [-0.25, -0.2) is 9.78 Å². The molecule has 0 bridgehead atoms. The van der Waals surface area contributed by atoms with Gasteiger partial charge in [-0.2, -0.15) is 5.10 Å². The molecule has 7 nitrogen and oxygen atoms in total. The fourth-order valence-corrected chi connectivity index (χ4v) is 3.27. The van der Waals surface area contributed by atoms with Gasteiger partial charge in [0.15, 0.2) is 0 Å². The second kappa shape index (κ2) is 8.11. The lowest BCUT2D eigenvalue weighted by Gasteiger charge is -2.35. The highest BCUT2D eigenvalue weighted by molar-refractivity contribution is 5.73. The molecule has 2 N–H and O–H groups in total. The summed E-state index contributed by atoms with van der Waals surface area (Å²) >= 11 is 0. The van der Waals surface area contributed by atoms with E-state index in [4.69, 9.17) is 0 Å². The Morgan fingerprint density at radius 2 is 2.08 bits per heavy atom. The molecule has 0 aliphatic carbocycles. The maximum absolute atomic E-state index is 12.1. The molecule has 1 aliphatic heterocycles. The van der Waals surface area contributed by atoms with E-state index in [1.54, 1.807) is 4.68 Å². The van der Waals surface area contributed by atoms with E-state index in [0.29, 0.717) is 19.1 Å². The van der Waals surface area contributed by atoms with Gasteiger partial charge in [-0.05, 0) is 24.0 Å². The van der Waals surface area contributed by atoms with Crippen molar-refractivity contribution < 1.29 is 4.79 Å². The predicted molar refractivity (Wildman–Crippen MR) is 95.9 cm³/mol. The van der Waals surface area contributed by atoms with Crippen LogP contribution in [0.3, 0.4) is 0 Å². The highest BCUT2D eigenvalue weighted by atomic mass is 16.2. The zero-order chi connectivity index (χ0) is 17.6. The number of carbonyl (C=O) groups is 1. The molecule has 1 aromatic heterocycles. The van der Waals surface area contributed by atoms with Crippen LogP contribution in [0, 0.1) is 0 Å². The standard InChI is InChI=1S/C18H26N6O/c1-3-16(24-9-8-14-6-4-5-7-15(14)12-24)10-19-18(25)20-11-17-21-13-22-23(17)2/h4-7,13,16H,3,8-12H2,1-2H3,(H2,19,20,25)/t16-/m0/s1. The molecule has 0 saturated carbocycles. The monoisotopic (exact) mass is 342 g/mol. The molecule has 0 saturated heterocycles. The molecule has 0 fully saturated rings. The van der Waals surface area contributed by atoms with Crippen molar-refractivity contribution in [3.63, 3.8) is 0 Å². The van der Waals surface area contributed by atoms with Gasteiger partial charge < -0.3 is 10.6 Å². The summed E-state index contributed by atoms with van der Waals surface area (Å²) in [4.78, 5) is 18.6. The number of nitrogens with one attached hydrogen (secondary N) is 2. The zero-order valence-electron chi connectivity index (χ0n) is 14.9. The normalized spacial score (nSPS) is 15.4. The molecule has 1 aliphatic rings. The average Bonchev–Trinajstić information content (AvgIpc) is 3.05. The molecule has 25 heavy (non-hydrogen) atoms. The minimum atomic E-state index is -0.168. The number of aromatic nitrogens is 3. The summed E-state index contributed by atoms with van der Waals surface area (Å²) in [5.74, 6) is 0.731. The maximum Gasteiger partial charge on any atom is 0.315 e. The van der Waals surface area contributed by atoms with Crippen molar-refractivity contribution in [2.45, 2.75) is 38.9 Å². The highest BCUT2D eigenvalue weighted by Crippen LogP contribution is 2.21. The van der Waals surface area contributed by atoms with Crippen molar-refractivity contribution in [2.75, 3.05) is 13.1 Å². The zero-order valence-corrected chi connectivity index (χ0v) is 14.9. The van der Waals surface area contributed by atoms with Crippen molar-refractivity contribution in [3.05, 3.63) is 47.5 Å². The first-order chi connectivity index (χ1) is 12.2. The van der Waals surface area contributed by atoms with Crippen molar-refractivity contribution in [1.29, 1.82) is 0 Å². The molecular formula is C18H26N6O. The lowest BCUT2D eigenvalue weighted by Crippen LogP contribution is -2.47. The minimum Gasteiger partial charge on any atom is -0.337 e. The van der Waals surface area contributed by atoms with Gasteiger partial charge in [-0.15, -0.1) is 0 Å². The summed E-state index contributed by atoms with van der Waals surface area (Å²) in [7, 11) is 1.81. The predicted octanol–water partition coefficient (Wildman–Crippen LogP) is 1.45. The third-order valence-electron chi connectivity index (χ3n) is 4.86. The second-order valence-electron chi connectivity index (χ2n) is 6.41. The van der Waals surface area contributed by atoms with E-state index in [1.165, 1.54) is 17.5 Å². The molecule has 134 valence electrons. The Balaban J connectivity index is 1.48. The van der Waals surface area contributed by atoms with Gasteiger partial charge in [0.25, 0.3) is 0 Å². The number of rotatable bonds is 6. The molecule has 7 heteroatoms. The number of benzene rings is 1. The first-order valence-electron chi connectivity index (χ1n) is 8.82. The second-order valence-corrected chi connectivity index (χ2v) is 6.41. The Morgan fingerprint density at radius 3 is 2.80 bits per heavy atom. The van der Waals surface area contributed by atoms with Crippen LogP contribution in [0.25, 0.3) is 0 Å².